The lowest BCUT2D eigenvalue weighted by Gasteiger charge is -2.38. The van der Waals surface area contributed by atoms with Crippen molar-refractivity contribution in [1.29, 1.82) is 0 Å². The third-order valence-electron chi connectivity index (χ3n) is 5.77. The van der Waals surface area contributed by atoms with Gasteiger partial charge in [0.25, 0.3) is 0 Å². The maximum Gasteiger partial charge on any atom is 0.329 e. The number of amides is 4. The highest BCUT2D eigenvalue weighted by Gasteiger charge is 2.29. The standard InChI is InChI=1S/C20H27N7O3.ClH/c1-12-9-21-10-13(2)27(12)11-17(29)22-15-6-4-5-14-18(15)25(3)24-19(14)26-8-7-16(28)23-20(26)30;/h4-6,12-13,21H,7-11H2,1-3H3,(H,22,29)(H,23,28,30);1H. The lowest BCUT2D eigenvalue weighted by Crippen LogP contribution is -2.56. The van der Waals surface area contributed by atoms with Gasteiger partial charge >= 0.3 is 6.03 Å². The summed E-state index contributed by atoms with van der Waals surface area (Å²) in [6, 6.07) is 5.58. The van der Waals surface area contributed by atoms with Crippen LogP contribution in [0, 0.1) is 0 Å². The highest BCUT2D eigenvalue weighted by Crippen LogP contribution is 2.31. The number of para-hydroxylation sites is 1. The number of rotatable bonds is 4. The Morgan fingerprint density at radius 3 is 2.61 bits per heavy atom. The third-order valence-corrected chi connectivity index (χ3v) is 5.77. The molecule has 1 aromatic carbocycles. The van der Waals surface area contributed by atoms with E-state index in [-0.39, 0.29) is 49.3 Å². The predicted octanol–water partition coefficient (Wildman–Crippen LogP) is 1.06. The Balaban J connectivity index is 0.00000272. The van der Waals surface area contributed by atoms with Crippen molar-refractivity contribution in [3.8, 4) is 0 Å². The van der Waals surface area contributed by atoms with E-state index in [9.17, 15) is 14.4 Å². The molecule has 0 saturated carbocycles. The smallest absolute Gasteiger partial charge is 0.323 e. The van der Waals surface area contributed by atoms with Gasteiger partial charge in [-0.25, -0.2) is 4.79 Å². The Morgan fingerprint density at radius 2 is 1.94 bits per heavy atom. The number of halogens is 1. The Labute approximate surface area is 186 Å². The number of carbonyl (C=O) groups is 3. The molecule has 4 rings (SSSR count). The Hall–Kier alpha value is -2.69. The Kier molecular flexibility index (Phi) is 6.83. The minimum Gasteiger partial charge on any atom is -0.323 e. The molecule has 2 aliphatic rings. The second-order valence-electron chi connectivity index (χ2n) is 7.98. The molecule has 168 valence electrons. The number of hydrogen-bond acceptors (Lipinski definition) is 6. The summed E-state index contributed by atoms with van der Waals surface area (Å²) in [5, 5.41) is 13.9. The molecule has 3 N–H and O–H groups in total. The SMILES string of the molecule is CC1CNCC(C)N1CC(=O)Nc1cccc2c(N3CCC(=O)NC3=O)nn(C)c12.Cl. The fourth-order valence-electron chi connectivity index (χ4n) is 4.22. The second kappa shape index (κ2) is 9.21. The van der Waals surface area contributed by atoms with E-state index in [1.807, 2.05) is 18.2 Å². The number of aryl methyl sites for hydroxylation is 1. The highest BCUT2D eigenvalue weighted by molar-refractivity contribution is 6.11. The van der Waals surface area contributed by atoms with Crippen LogP contribution >= 0.6 is 12.4 Å². The first kappa shape index (κ1) is 23.0. The minimum atomic E-state index is -0.484. The van der Waals surface area contributed by atoms with Gasteiger partial charge in [-0.2, -0.15) is 5.10 Å². The zero-order valence-electron chi connectivity index (χ0n) is 17.8. The van der Waals surface area contributed by atoms with Crippen LogP contribution in [0.1, 0.15) is 20.3 Å². The number of fused-ring (bicyclic) bond motifs is 1. The molecule has 31 heavy (non-hydrogen) atoms. The molecule has 4 amide bonds. The van der Waals surface area contributed by atoms with Gasteiger partial charge in [0, 0.05) is 50.6 Å². The van der Waals surface area contributed by atoms with Crippen molar-refractivity contribution >= 4 is 52.7 Å². The van der Waals surface area contributed by atoms with Crippen LogP contribution in [-0.2, 0) is 16.6 Å². The van der Waals surface area contributed by atoms with E-state index in [0.29, 0.717) is 18.1 Å². The first-order valence-electron chi connectivity index (χ1n) is 10.2. The fourth-order valence-corrected chi connectivity index (χ4v) is 4.22. The van der Waals surface area contributed by atoms with Crippen LogP contribution in [0.25, 0.3) is 10.9 Å². The molecule has 10 nitrogen and oxygen atoms in total. The molecular weight excluding hydrogens is 422 g/mol. The number of nitrogens with one attached hydrogen (secondary N) is 3. The molecule has 0 spiro atoms. The maximum absolute atomic E-state index is 12.8. The summed E-state index contributed by atoms with van der Waals surface area (Å²) in [7, 11) is 1.77. The monoisotopic (exact) mass is 449 g/mol. The molecule has 2 aliphatic heterocycles. The van der Waals surface area contributed by atoms with E-state index < -0.39 is 6.03 Å². The number of urea groups is 1. The lowest BCUT2D eigenvalue weighted by atomic mass is 10.1. The van der Waals surface area contributed by atoms with E-state index in [0.717, 1.165) is 24.0 Å². The van der Waals surface area contributed by atoms with Crippen molar-refractivity contribution in [1.82, 2.24) is 25.3 Å². The third kappa shape index (κ3) is 4.51. The highest BCUT2D eigenvalue weighted by atomic mass is 35.5. The summed E-state index contributed by atoms with van der Waals surface area (Å²) in [4.78, 5) is 40.2. The van der Waals surface area contributed by atoms with Crippen LogP contribution in [-0.4, -0.2) is 70.8 Å². The van der Waals surface area contributed by atoms with E-state index in [2.05, 4.69) is 39.8 Å². The second-order valence-corrected chi connectivity index (χ2v) is 7.98. The molecule has 1 aromatic heterocycles. The summed E-state index contributed by atoms with van der Waals surface area (Å²) < 4.78 is 1.65. The average molecular weight is 450 g/mol. The fraction of sp³-hybridized carbons (Fsp3) is 0.500. The van der Waals surface area contributed by atoms with Gasteiger partial charge in [0.15, 0.2) is 5.82 Å². The van der Waals surface area contributed by atoms with Crippen molar-refractivity contribution < 1.29 is 14.4 Å². The van der Waals surface area contributed by atoms with Crippen molar-refractivity contribution in [2.24, 2.45) is 7.05 Å². The average Bonchev–Trinajstić information content (AvgIpc) is 3.02. The van der Waals surface area contributed by atoms with Gasteiger partial charge in [-0.15, -0.1) is 12.4 Å². The number of imide groups is 1. The van der Waals surface area contributed by atoms with Gasteiger partial charge in [0.1, 0.15) is 0 Å². The number of anilines is 2. The summed E-state index contributed by atoms with van der Waals surface area (Å²) in [6.07, 6.45) is 0.224. The van der Waals surface area contributed by atoms with Crippen LogP contribution in [0.5, 0.6) is 0 Å². The molecule has 2 atom stereocenters. The number of aromatic nitrogens is 2. The van der Waals surface area contributed by atoms with Crippen LogP contribution in [0.2, 0.25) is 0 Å². The molecule has 2 saturated heterocycles. The number of piperazine rings is 1. The summed E-state index contributed by atoms with van der Waals surface area (Å²) in [6.45, 7) is 6.52. The van der Waals surface area contributed by atoms with Gasteiger partial charge in [-0.3, -0.25) is 29.4 Å². The number of benzene rings is 1. The Morgan fingerprint density at radius 1 is 1.23 bits per heavy atom. The zero-order chi connectivity index (χ0) is 21.4. The van der Waals surface area contributed by atoms with Crippen molar-refractivity contribution in [2.45, 2.75) is 32.4 Å². The van der Waals surface area contributed by atoms with Crippen LogP contribution in [0.4, 0.5) is 16.3 Å². The van der Waals surface area contributed by atoms with Crippen molar-refractivity contribution in [3.63, 3.8) is 0 Å². The molecule has 0 aliphatic carbocycles. The van der Waals surface area contributed by atoms with E-state index in [4.69, 9.17) is 0 Å². The van der Waals surface area contributed by atoms with Crippen LogP contribution < -0.4 is 20.9 Å². The molecule has 0 radical (unpaired) electrons. The predicted molar refractivity (Wildman–Crippen MR) is 121 cm³/mol. The first-order chi connectivity index (χ1) is 14.3. The lowest BCUT2D eigenvalue weighted by molar-refractivity contribution is -0.120. The molecule has 2 aromatic rings. The first-order valence-corrected chi connectivity index (χ1v) is 10.2. The number of hydrogen-bond donors (Lipinski definition) is 3. The molecule has 0 bridgehead atoms. The topological polar surface area (TPSA) is 112 Å². The van der Waals surface area contributed by atoms with Gasteiger partial charge < -0.3 is 10.6 Å². The van der Waals surface area contributed by atoms with Gasteiger partial charge in [0.05, 0.1) is 17.7 Å². The van der Waals surface area contributed by atoms with Gasteiger partial charge in [-0.05, 0) is 26.0 Å². The van der Waals surface area contributed by atoms with Crippen molar-refractivity contribution in [3.05, 3.63) is 18.2 Å². The van der Waals surface area contributed by atoms with E-state index >= 15 is 0 Å². The normalized spacial score (nSPS) is 22.2. The van der Waals surface area contributed by atoms with Gasteiger partial charge in [-0.1, -0.05) is 6.07 Å². The molecule has 11 heteroatoms. The summed E-state index contributed by atoms with van der Waals surface area (Å²) in [5.41, 5.74) is 1.37. The Bertz CT molecular complexity index is 998. The minimum absolute atomic E-state index is 0. The summed E-state index contributed by atoms with van der Waals surface area (Å²) in [5.74, 6) is 0.0888. The van der Waals surface area contributed by atoms with E-state index in [1.165, 1.54) is 4.90 Å². The van der Waals surface area contributed by atoms with Crippen LogP contribution in [0.3, 0.4) is 0 Å². The summed E-state index contributed by atoms with van der Waals surface area (Å²) >= 11 is 0. The number of nitrogens with zero attached hydrogens (tertiary/aromatic N) is 4. The number of carbonyl (C=O) groups excluding carboxylic acids is 3. The largest absolute Gasteiger partial charge is 0.329 e. The zero-order valence-corrected chi connectivity index (χ0v) is 18.7. The van der Waals surface area contributed by atoms with E-state index in [1.54, 1.807) is 11.7 Å². The van der Waals surface area contributed by atoms with Gasteiger partial charge in [0.2, 0.25) is 11.8 Å². The molecule has 2 unspecified atom stereocenters. The van der Waals surface area contributed by atoms with Crippen LogP contribution in [0.15, 0.2) is 18.2 Å². The molecule has 2 fully saturated rings. The quantitative estimate of drug-likeness (QED) is 0.643. The maximum atomic E-state index is 12.8. The molecular formula is C20H28ClN7O3. The van der Waals surface area contributed by atoms with Crippen molar-refractivity contribution in [2.75, 3.05) is 36.4 Å². The molecule has 3 heterocycles.